The minimum atomic E-state index is -0.585. The molecule has 0 fully saturated rings. The van der Waals surface area contributed by atoms with Crippen molar-refractivity contribution in [1.82, 2.24) is 4.90 Å². The van der Waals surface area contributed by atoms with E-state index < -0.39 is 4.92 Å². The molecule has 5 nitrogen and oxygen atoms in total. The second kappa shape index (κ2) is 6.16. The van der Waals surface area contributed by atoms with Crippen LogP contribution >= 0.6 is 11.6 Å². The van der Waals surface area contributed by atoms with E-state index in [1.807, 2.05) is 6.92 Å². The molecule has 0 spiro atoms. The third-order valence-electron chi connectivity index (χ3n) is 2.41. The highest BCUT2D eigenvalue weighted by Crippen LogP contribution is 2.25. The maximum atomic E-state index is 12.0. The average Bonchev–Trinajstić information content (AvgIpc) is 2.34. The summed E-state index contributed by atoms with van der Waals surface area (Å²) in [4.78, 5) is 23.6. The van der Waals surface area contributed by atoms with Gasteiger partial charge in [-0.25, -0.2) is 0 Å². The van der Waals surface area contributed by atoms with Gasteiger partial charge in [0.2, 0.25) is 0 Å². The first kappa shape index (κ1) is 14.2. The molecule has 0 aliphatic heterocycles. The number of nitro groups is 1. The molecule has 0 radical (unpaired) electrons. The molecule has 96 valence electrons. The van der Waals surface area contributed by atoms with Crippen LogP contribution in [0.4, 0.5) is 5.69 Å². The monoisotopic (exact) mass is 268 g/mol. The van der Waals surface area contributed by atoms with Crippen molar-refractivity contribution in [3.05, 3.63) is 51.6 Å². The smallest absolute Gasteiger partial charge is 0.287 e. The first-order valence-corrected chi connectivity index (χ1v) is 5.73. The summed E-state index contributed by atoms with van der Waals surface area (Å²) in [5.74, 6) is -0.228. The zero-order valence-corrected chi connectivity index (χ0v) is 10.7. The molecule has 1 aromatic rings. The van der Waals surface area contributed by atoms with Crippen LogP contribution in [0.5, 0.6) is 0 Å². The molecule has 1 rings (SSSR count). The number of hydrogen-bond acceptors (Lipinski definition) is 3. The van der Waals surface area contributed by atoms with Gasteiger partial charge in [-0.15, -0.1) is 6.58 Å². The van der Waals surface area contributed by atoms with E-state index in [1.165, 1.54) is 18.2 Å². The molecule has 0 unspecified atom stereocenters. The number of nitro benzene ring substituents is 1. The van der Waals surface area contributed by atoms with Crippen molar-refractivity contribution in [1.29, 1.82) is 0 Å². The second-order valence-corrected chi connectivity index (χ2v) is 3.96. The Morgan fingerprint density at radius 3 is 2.72 bits per heavy atom. The Morgan fingerprint density at radius 2 is 2.28 bits per heavy atom. The lowest BCUT2D eigenvalue weighted by atomic mass is 10.2. The minimum Gasteiger partial charge on any atom is -0.335 e. The van der Waals surface area contributed by atoms with Gasteiger partial charge in [-0.1, -0.05) is 17.7 Å². The third-order valence-corrected chi connectivity index (χ3v) is 2.71. The highest BCUT2D eigenvalue weighted by atomic mass is 35.5. The summed E-state index contributed by atoms with van der Waals surface area (Å²) in [6, 6.07) is 3.95. The van der Waals surface area contributed by atoms with Gasteiger partial charge in [0.05, 0.1) is 4.92 Å². The molecule has 0 saturated carbocycles. The summed E-state index contributed by atoms with van der Waals surface area (Å²) in [6.07, 6.45) is 1.62. The quantitative estimate of drug-likeness (QED) is 0.469. The van der Waals surface area contributed by atoms with Gasteiger partial charge in [0.25, 0.3) is 11.6 Å². The molecule has 0 aromatic heterocycles. The summed E-state index contributed by atoms with van der Waals surface area (Å²) in [7, 11) is 0. The maximum absolute atomic E-state index is 12.0. The highest BCUT2D eigenvalue weighted by Gasteiger charge is 2.18. The van der Waals surface area contributed by atoms with Gasteiger partial charge in [0.1, 0.15) is 5.02 Å². The van der Waals surface area contributed by atoms with Crippen LogP contribution in [0.2, 0.25) is 5.02 Å². The Kier molecular flexibility index (Phi) is 4.85. The number of hydrogen-bond donors (Lipinski definition) is 0. The predicted molar refractivity (Wildman–Crippen MR) is 69.9 cm³/mol. The van der Waals surface area contributed by atoms with Gasteiger partial charge in [0, 0.05) is 24.7 Å². The number of nitrogens with zero attached hydrogens (tertiary/aromatic N) is 2. The zero-order valence-electron chi connectivity index (χ0n) is 9.93. The van der Waals surface area contributed by atoms with Gasteiger partial charge in [-0.3, -0.25) is 14.9 Å². The Labute approximate surface area is 110 Å². The van der Waals surface area contributed by atoms with Crippen molar-refractivity contribution < 1.29 is 9.72 Å². The number of carbonyl (C=O) groups is 1. The highest BCUT2D eigenvalue weighted by molar-refractivity contribution is 6.33. The van der Waals surface area contributed by atoms with E-state index in [1.54, 1.807) is 11.0 Å². The summed E-state index contributed by atoms with van der Waals surface area (Å²) >= 11 is 5.76. The van der Waals surface area contributed by atoms with Crippen LogP contribution in [0.1, 0.15) is 17.3 Å². The molecule has 1 amide bonds. The summed E-state index contributed by atoms with van der Waals surface area (Å²) < 4.78 is 0. The Balaban J connectivity index is 3.03. The summed E-state index contributed by atoms with van der Waals surface area (Å²) in [5, 5.41) is 10.6. The normalized spacial score (nSPS) is 9.89. The topological polar surface area (TPSA) is 63.5 Å². The molecule has 0 aliphatic rings. The van der Waals surface area contributed by atoms with Crippen molar-refractivity contribution >= 4 is 23.2 Å². The molecule has 18 heavy (non-hydrogen) atoms. The van der Waals surface area contributed by atoms with Gasteiger partial charge < -0.3 is 4.90 Å². The van der Waals surface area contributed by atoms with Gasteiger partial charge >= 0.3 is 0 Å². The first-order chi connectivity index (χ1) is 8.51. The number of carbonyl (C=O) groups excluding carboxylic acids is 1. The maximum Gasteiger partial charge on any atom is 0.287 e. The first-order valence-electron chi connectivity index (χ1n) is 5.35. The lowest BCUT2D eigenvalue weighted by molar-refractivity contribution is -0.384. The molecule has 0 heterocycles. The Morgan fingerprint density at radius 1 is 1.61 bits per heavy atom. The lowest BCUT2D eigenvalue weighted by Gasteiger charge is -2.18. The fourth-order valence-electron chi connectivity index (χ4n) is 1.48. The molecular formula is C12H13ClN2O3. The van der Waals surface area contributed by atoms with E-state index in [9.17, 15) is 14.9 Å². The van der Waals surface area contributed by atoms with Crippen LogP contribution < -0.4 is 0 Å². The number of rotatable bonds is 5. The van der Waals surface area contributed by atoms with Gasteiger partial charge in [-0.05, 0) is 19.1 Å². The van der Waals surface area contributed by atoms with Crippen LogP contribution in [0.25, 0.3) is 0 Å². The zero-order chi connectivity index (χ0) is 13.7. The molecule has 0 atom stereocenters. The number of benzene rings is 1. The molecule has 1 aromatic carbocycles. The van der Waals surface area contributed by atoms with Gasteiger partial charge in [0.15, 0.2) is 0 Å². The van der Waals surface area contributed by atoms with Crippen molar-refractivity contribution in [2.45, 2.75) is 6.92 Å². The fraction of sp³-hybridized carbons (Fsp3) is 0.250. The Bertz CT molecular complexity index is 488. The summed E-state index contributed by atoms with van der Waals surface area (Å²) in [5.41, 5.74) is 0.120. The standard InChI is InChI=1S/C12H13ClN2O3/c1-3-7-14(4-2)12(16)9-5-6-11(15(17)18)10(13)8-9/h3,5-6,8H,1,4,7H2,2H3. The largest absolute Gasteiger partial charge is 0.335 e. The SMILES string of the molecule is C=CCN(CC)C(=O)c1ccc([N+](=O)[O-])c(Cl)c1. The van der Waals surface area contributed by atoms with Crippen LogP contribution in [-0.4, -0.2) is 28.8 Å². The number of likely N-dealkylation sites (N-methyl/N-ethyl adjacent to an activating group) is 1. The van der Waals surface area contributed by atoms with Crippen molar-refractivity contribution in [3.8, 4) is 0 Å². The lowest BCUT2D eigenvalue weighted by Crippen LogP contribution is -2.30. The molecule has 0 saturated heterocycles. The minimum absolute atomic E-state index is 0.0412. The van der Waals surface area contributed by atoms with E-state index in [0.717, 1.165) is 0 Å². The molecule has 0 aliphatic carbocycles. The Hall–Kier alpha value is -1.88. The van der Waals surface area contributed by atoms with E-state index in [0.29, 0.717) is 18.7 Å². The molecule has 6 heteroatoms. The molecule has 0 bridgehead atoms. The molecular weight excluding hydrogens is 256 g/mol. The van der Waals surface area contributed by atoms with E-state index in [2.05, 4.69) is 6.58 Å². The summed E-state index contributed by atoms with van der Waals surface area (Å²) in [6.45, 7) is 6.36. The predicted octanol–water partition coefficient (Wildman–Crippen LogP) is 2.90. The van der Waals surface area contributed by atoms with E-state index >= 15 is 0 Å². The van der Waals surface area contributed by atoms with Crippen LogP contribution in [0.15, 0.2) is 30.9 Å². The van der Waals surface area contributed by atoms with Crippen LogP contribution in [-0.2, 0) is 0 Å². The van der Waals surface area contributed by atoms with Crippen LogP contribution in [0, 0.1) is 10.1 Å². The van der Waals surface area contributed by atoms with Gasteiger partial charge in [-0.2, -0.15) is 0 Å². The molecule has 0 N–H and O–H groups in total. The van der Waals surface area contributed by atoms with Crippen molar-refractivity contribution in [2.75, 3.05) is 13.1 Å². The van der Waals surface area contributed by atoms with Crippen LogP contribution in [0.3, 0.4) is 0 Å². The second-order valence-electron chi connectivity index (χ2n) is 3.56. The number of amides is 1. The third kappa shape index (κ3) is 3.07. The van der Waals surface area contributed by atoms with E-state index in [4.69, 9.17) is 11.6 Å². The number of halogens is 1. The fourth-order valence-corrected chi connectivity index (χ4v) is 1.73. The average molecular weight is 269 g/mol. The van der Waals surface area contributed by atoms with E-state index in [-0.39, 0.29) is 16.6 Å². The van der Waals surface area contributed by atoms with Crippen molar-refractivity contribution in [2.24, 2.45) is 0 Å². The van der Waals surface area contributed by atoms with Crippen molar-refractivity contribution in [3.63, 3.8) is 0 Å².